The first-order chi connectivity index (χ1) is 15.2. The van der Waals surface area contributed by atoms with Gasteiger partial charge in [0.15, 0.2) is 5.13 Å². The summed E-state index contributed by atoms with van der Waals surface area (Å²) in [6.45, 7) is 6.35. The van der Waals surface area contributed by atoms with Gasteiger partial charge in [-0.15, -0.1) is 11.3 Å². The highest BCUT2D eigenvalue weighted by Crippen LogP contribution is 2.43. The zero-order chi connectivity index (χ0) is 23.0. The van der Waals surface area contributed by atoms with Gasteiger partial charge in [0, 0.05) is 17.1 Å². The van der Waals surface area contributed by atoms with E-state index in [2.05, 4.69) is 25.8 Å². The number of hydrogen-bond acceptors (Lipinski definition) is 6. The largest absolute Gasteiger partial charge is 0.507 e. The van der Waals surface area contributed by atoms with Gasteiger partial charge in [-0.3, -0.25) is 14.5 Å². The number of nitrogens with zero attached hydrogens (tertiary/aromatic N) is 2. The van der Waals surface area contributed by atoms with Gasteiger partial charge in [-0.25, -0.2) is 4.98 Å². The van der Waals surface area contributed by atoms with Gasteiger partial charge in [-0.05, 0) is 28.7 Å². The molecule has 2 aromatic carbocycles. The predicted octanol–water partition coefficient (Wildman–Crippen LogP) is 5.08. The highest BCUT2D eigenvalue weighted by Gasteiger charge is 2.48. The zero-order valence-corrected chi connectivity index (χ0v) is 19.1. The number of ketones is 1. The summed E-state index contributed by atoms with van der Waals surface area (Å²) in [4.78, 5) is 31.8. The molecule has 6 nitrogen and oxygen atoms in total. The Balaban J connectivity index is 1.91. The Morgan fingerprint density at radius 3 is 2.44 bits per heavy atom. The Morgan fingerprint density at radius 2 is 1.84 bits per heavy atom. The van der Waals surface area contributed by atoms with E-state index in [1.807, 2.05) is 24.3 Å². The minimum atomic E-state index is -0.790. The maximum Gasteiger partial charge on any atom is 0.301 e. The number of amides is 1. The highest BCUT2D eigenvalue weighted by molar-refractivity contribution is 7.14. The second-order valence-electron chi connectivity index (χ2n) is 8.59. The van der Waals surface area contributed by atoms with Crippen LogP contribution in [-0.4, -0.2) is 28.9 Å². The molecule has 1 unspecified atom stereocenters. The number of hydrogen-bond donors (Lipinski definition) is 1. The third-order valence-electron chi connectivity index (χ3n) is 5.51. The van der Waals surface area contributed by atoms with Gasteiger partial charge in [-0.2, -0.15) is 0 Å². The lowest BCUT2D eigenvalue weighted by molar-refractivity contribution is -0.132. The number of Topliss-reactive ketones (excluding diaryl/α,β-unsaturated/α-hetero) is 1. The van der Waals surface area contributed by atoms with E-state index < -0.39 is 17.7 Å². The summed E-state index contributed by atoms with van der Waals surface area (Å²) in [5.74, 6) is -1.17. The van der Waals surface area contributed by atoms with E-state index in [0.717, 1.165) is 11.1 Å². The summed E-state index contributed by atoms with van der Waals surface area (Å²) in [6, 6.07) is 13.8. The van der Waals surface area contributed by atoms with Gasteiger partial charge in [0.25, 0.3) is 5.78 Å². The average molecular weight is 449 g/mol. The van der Waals surface area contributed by atoms with Crippen LogP contribution in [0.4, 0.5) is 5.13 Å². The molecule has 0 spiro atoms. The van der Waals surface area contributed by atoms with Crippen LogP contribution in [0.25, 0.3) is 5.76 Å². The molecule has 4 rings (SSSR count). The SMILES string of the molecule is COc1cccc(C(O)=C2C(=O)C(=O)N(c3nccs3)C2c2ccc(C(C)(C)C)cc2)c1. The van der Waals surface area contributed by atoms with Gasteiger partial charge in [0.1, 0.15) is 11.5 Å². The van der Waals surface area contributed by atoms with Crippen molar-refractivity contribution >= 4 is 33.9 Å². The number of rotatable bonds is 4. The van der Waals surface area contributed by atoms with Crippen LogP contribution in [-0.2, 0) is 15.0 Å². The van der Waals surface area contributed by atoms with Crippen molar-refractivity contribution < 1.29 is 19.4 Å². The number of aliphatic hydroxyl groups is 1. The molecule has 0 aliphatic carbocycles. The van der Waals surface area contributed by atoms with E-state index in [9.17, 15) is 14.7 Å². The lowest BCUT2D eigenvalue weighted by Gasteiger charge is -2.24. The smallest absolute Gasteiger partial charge is 0.301 e. The molecule has 1 aromatic heterocycles. The Morgan fingerprint density at radius 1 is 1.12 bits per heavy atom. The fourth-order valence-corrected chi connectivity index (χ4v) is 4.44. The minimum absolute atomic E-state index is 0.0296. The number of aromatic nitrogens is 1. The van der Waals surface area contributed by atoms with Crippen molar-refractivity contribution in [2.24, 2.45) is 0 Å². The van der Waals surface area contributed by atoms with E-state index in [4.69, 9.17) is 4.74 Å². The first kappa shape index (κ1) is 21.8. The summed E-state index contributed by atoms with van der Waals surface area (Å²) in [5, 5.41) is 13.3. The molecule has 1 fully saturated rings. The lowest BCUT2D eigenvalue weighted by atomic mass is 9.85. The maximum atomic E-state index is 13.1. The molecule has 7 heteroatoms. The van der Waals surface area contributed by atoms with Crippen molar-refractivity contribution in [3.63, 3.8) is 0 Å². The van der Waals surface area contributed by atoms with E-state index in [1.54, 1.807) is 35.8 Å². The van der Waals surface area contributed by atoms with Crippen molar-refractivity contribution in [3.05, 3.63) is 82.4 Å². The number of ether oxygens (including phenoxy) is 1. The standard InChI is InChI=1S/C25H24N2O4S/c1-25(2,3)17-10-8-15(9-11-17)20-19(21(28)16-6-5-7-18(14-16)31-4)22(29)23(30)27(20)24-26-12-13-32-24/h5-14,20,28H,1-4H3. The van der Waals surface area contributed by atoms with Crippen LogP contribution < -0.4 is 9.64 Å². The van der Waals surface area contributed by atoms with Gasteiger partial charge < -0.3 is 9.84 Å². The first-order valence-corrected chi connectivity index (χ1v) is 11.1. The number of anilines is 1. The maximum absolute atomic E-state index is 13.1. The second-order valence-corrected chi connectivity index (χ2v) is 9.46. The molecule has 3 aromatic rings. The molecular weight excluding hydrogens is 424 g/mol. The molecule has 0 radical (unpaired) electrons. The number of carbonyl (C=O) groups is 2. The zero-order valence-electron chi connectivity index (χ0n) is 18.3. The predicted molar refractivity (Wildman–Crippen MR) is 125 cm³/mol. The van der Waals surface area contributed by atoms with E-state index in [-0.39, 0.29) is 16.7 Å². The third-order valence-corrected chi connectivity index (χ3v) is 6.28. The van der Waals surface area contributed by atoms with Crippen molar-refractivity contribution in [2.45, 2.75) is 32.2 Å². The molecule has 2 heterocycles. The molecule has 1 atom stereocenters. The summed E-state index contributed by atoms with van der Waals surface area (Å²) in [5.41, 5.74) is 2.23. The fraction of sp³-hybridized carbons (Fsp3) is 0.240. The van der Waals surface area contributed by atoms with Crippen LogP contribution in [0, 0.1) is 0 Å². The first-order valence-electron chi connectivity index (χ1n) is 10.2. The number of methoxy groups -OCH3 is 1. The number of benzene rings is 2. The van der Waals surface area contributed by atoms with Crippen LogP contribution in [0.3, 0.4) is 0 Å². The molecule has 1 aliphatic heterocycles. The summed E-state index contributed by atoms with van der Waals surface area (Å²) >= 11 is 1.26. The van der Waals surface area contributed by atoms with Gasteiger partial charge in [0.05, 0.1) is 18.7 Å². The Kier molecular flexibility index (Phi) is 5.60. The monoisotopic (exact) mass is 448 g/mol. The molecule has 0 bridgehead atoms. The number of aliphatic hydroxyl groups excluding tert-OH is 1. The van der Waals surface area contributed by atoms with E-state index >= 15 is 0 Å². The van der Waals surface area contributed by atoms with Gasteiger partial charge >= 0.3 is 5.91 Å². The topological polar surface area (TPSA) is 79.7 Å². The molecule has 32 heavy (non-hydrogen) atoms. The molecule has 1 amide bonds. The Bertz CT molecular complexity index is 1190. The fourth-order valence-electron chi connectivity index (χ4n) is 3.77. The van der Waals surface area contributed by atoms with E-state index in [0.29, 0.717) is 16.4 Å². The van der Waals surface area contributed by atoms with Crippen molar-refractivity contribution in [1.82, 2.24) is 4.98 Å². The Hall–Kier alpha value is -3.45. The lowest BCUT2D eigenvalue weighted by Crippen LogP contribution is -2.29. The normalized spacial score (nSPS) is 18.2. The highest BCUT2D eigenvalue weighted by atomic mass is 32.1. The van der Waals surface area contributed by atoms with Crippen LogP contribution in [0.2, 0.25) is 0 Å². The summed E-state index contributed by atoms with van der Waals surface area (Å²) in [7, 11) is 1.53. The summed E-state index contributed by atoms with van der Waals surface area (Å²) < 4.78 is 5.25. The van der Waals surface area contributed by atoms with Crippen molar-refractivity contribution in [1.29, 1.82) is 0 Å². The van der Waals surface area contributed by atoms with E-state index in [1.165, 1.54) is 23.3 Å². The molecule has 164 valence electrons. The quantitative estimate of drug-likeness (QED) is 0.342. The number of thiazole rings is 1. The van der Waals surface area contributed by atoms with Gasteiger partial charge in [-0.1, -0.05) is 57.2 Å². The van der Waals surface area contributed by atoms with Crippen molar-refractivity contribution in [2.75, 3.05) is 12.0 Å². The molecule has 0 saturated carbocycles. The Labute approximate surface area is 190 Å². The molecule has 1 aliphatic rings. The van der Waals surface area contributed by atoms with Crippen LogP contribution in [0.15, 0.2) is 65.7 Å². The minimum Gasteiger partial charge on any atom is -0.507 e. The van der Waals surface area contributed by atoms with Crippen LogP contribution >= 0.6 is 11.3 Å². The molecule has 1 N–H and O–H groups in total. The van der Waals surface area contributed by atoms with Crippen LogP contribution in [0.1, 0.15) is 43.5 Å². The molecule has 1 saturated heterocycles. The second kappa shape index (κ2) is 8.24. The number of carbonyl (C=O) groups excluding carboxylic acids is 2. The third kappa shape index (κ3) is 3.80. The average Bonchev–Trinajstić information content (AvgIpc) is 3.39. The molecular formula is C25H24N2O4S. The summed E-state index contributed by atoms with van der Waals surface area (Å²) in [6.07, 6.45) is 1.58. The van der Waals surface area contributed by atoms with Crippen molar-refractivity contribution in [3.8, 4) is 5.75 Å². The van der Waals surface area contributed by atoms with Crippen LogP contribution in [0.5, 0.6) is 5.75 Å². The van der Waals surface area contributed by atoms with Gasteiger partial charge in [0.2, 0.25) is 0 Å².